The highest BCUT2D eigenvalue weighted by Crippen LogP contribution is 2.36. The number of ether oxygens (including phenoxy) is 1. The average molecular weight is 567 g/mol. The molecule has 5 N–H and O–H groups in total. The number of carboxylic acids is 1. The summed E-state index contributed by atoms with van der Waals surface area (Å²) in [7, 11) is 0. The number of aliphatic carboxylic acids is 1. The van der Waals surface area contributed by atoms with E-state index in [0.717, 1.165) is 18.4 Å². The quantitative estimate of drug-likeness (QED) is 0.150. The fourth-order valence-electron chi connectivity index (χ4n) is 5.99. The minimum Gasteiger partial charge on any atom is -0.481 e. The molecule has 13 atom stereocenters. The average Bonchev–Trinajstić information content (AvgIpc) is 2.92. The van der Waals surface area contributed by atoms with Gasteiger partial charge in [0.2, 0.25) is 0 Å². The van der Waals surface area contributed by atoms with Gasteiger partial charge >= 0.3 is 5.97 Å². The first-order chi connectivity index (χ1) is 18.6. The van der Waals surface area contributed by atoms with E-state index in [2.05, 4.69) is 26.5 Å². The Morgan fingerprint density at radius 3 is 2.20 bits per heavy atom. The summed E-state index contributed by atoms with van der Waals surface area (Å²) in [5, 5.41) is 53.0. The van der Waals surface area contributed by atoms with Crippen LogP contribution in [0, 0.1) is 41.4 Å². The smallest absolute Gasteiger partial charge is 0.308 e. The summed E-state index contributed by atoms with van der Waals surface area (Å²) >= 11 is 0. The molecule has 1 fully saturated rings. The summed E-state index contributed by atoms with van der Waals surface area (Å²) < 4.78 is 6.18. The number of aliphatic hydroxyl groups is 4. The Balaban J connectivity index is 2.66. The monoisotopic (exact) mass is 566 g/mol. The molecule has 0 spiro atoms. The van der Waals surface area contributed by atoms with E-state index in [-0.39, 0.29) is 23.9 Å². The maximum absolute atomic E-state index is 11.5. The fourth-order valence-corrected chi connectivity index (χ4v) is 5.99. The van der Waals surface area contributed by atoms with Gasteiger partial charge in [-0.2, -0.15) is 0 Å². The van der Waals surface area contributed by atoms with Crippen molar-refractivity contribution < 1.29 is 35.1 Å². The van der Waals surface area contributed by atoms with Gasteiger partial charge in [-0.25, -0.2) is 0 Å². The van der Waals surface area contributed by atoms with Gasteiger partial charge in [0.25, 0.3) is 0 Å². The summed E-state index contributed by atoms with van der Waals surface area (Å²) in [6, 6.07) is 0. The molecule has 0 aromatic rings. The van der Waals surface area contributed by atoms with Crippen LogP contribution in [-0.2, 0) is 9.53 Å². The molecule has 1 rings (SSSR count). The number of hydrogen-bond acceptors (Lipinski definition) is 6. The van der Waals surface area contributed by atoms with Crippen LogP contribution < -0.4 is 0 Å². The molecule has 232 valence electrons. The first-order valence-corrected chi connectivity index (χ1v) is 15.2. The van der Waals surface area contributed by atoms with Gasteiger partial charge in [0.1, 0.15) is 0 Å². The predicted octanol–water partition coefficient (Wildman–Crippen LogP) is 5.37. The van der Waals surface area contributed by atoms with Crippen molar-refractivity contribution in [1.82, 2.24) is 0 Å². The molecule has 0 radical (unpaired) electrons. The van der Waals surface area contributed by atoms with Crippen molar-refractivity contribution in [3.63, 3.8) is 0 Å². The minimum absolute atomic E-state index is 0.0634. The van der Waals surface area contributed by atoms with Gasteiger partial charge in [-0.15, -0.1) is 6.58 Å². The van der Waals surface area contributed by atoms with E-state index >= 15 is 0 Å². The molecule has 1 heterocycles. The van der Waals surface area contributed by atoms with Crippen LogP contribution in [-0.4, -0.2) is 68.1 Å². The first kappa shape index (κ1) is 36.5. The van der Waals surface area contributed by atoms with Crippen LogP contribution in [0.4, 0.5) is 0 Å². The van der Waals surface area contributed by atoms with E-state index in [1.165, 1.54) is 0 Å². The molecule has 0 saturated carbocycles. The molecular formula is C33H58O7. The van der Waals surface area contributed by atoms with Gasteiger partial charge in [-0.05, 0) is 63.4 Å². The molecule has 1 saturated heterocycles. The summed E-state index contributed by atoms with van der Waals surface area (Å²) in [5.41, 5.74) is 0.935. The van der Waals surface area contributed by atoms with Crippen LogP contribution in [0.5, 0.6) is 0 Å². The molecule has 0 aromatic carbocycles. The van der Waals surface area contributed by atoms with Crippen LogP contribution in [0.1, 0.15) is 87.5 Å². The van der Waals surface area contributed by atoms with Crippen molar-refractivity contribution in [1.29, 1.82) is 0 Å². The third-order valence-corrected chi connectivity index (χ3v) is 9.15. The molecule has 0 aliphatic carbocycles. The van der Waals surface area contributed by atoms with Gasteiger partial charge < -0.3 is 30.3 Å². The van der Waals surface area contributed by atoms with Gasteiger partial charge in [-0.3, -0.25) is 4.79 Å². The van der Waals surface area contributed by atoms with Crippen molar-refractivity contribution in [2.75, 3.05) is 0 Å². The molecule has 1 unspecified atom stereocenters. The summed E-state index contributed by atoms with van der Waals surface area (Å²) in [5.74, 6) is -2.34. The lowest BCUT2D eigenvalue weighted by Gasteiger charge is -2.43. The highest BCUT2D eigenvalue weighted by atomic mass is 16.5. The Bertz CT molecular complexity index is 824. The molecule has 0 bridgehead atoms. The van der Waals surface area contributed by atoms with E-state index in [1.54, 1.807) is 20.8 Å². The molecule has 1 aliphatic heterocycles. The maximum Gasteiger partial charge on any atom is 0.308 e. The van der Waals surface area contributed by atoms with Gasteiger partial charge in [-0.1, -0.05) is 65.8 Å². The largest absolute Gasteiger partial charge is 0.481 e. The van der Waals surface area contributed by atoms with Gasteiger partial charge in [0.05, 0.1) is 42.5 Å². The summed E-state index contributed by atoms with van der Waals surface area (Å²) in [6.07, 6.45) is 7.49. The number of aliphatic hydroxyl groups excluding tert-OH is 4. The Morgan fingerprint density at radius 1 is 1.00 bits per heavy atom. The Morgan fingerprint density at radius 2 is 1.62 bits per heavy atom. The highest BCUT2D eigenvalue weighted by Gasteiger charge is 2.41. The molecule has 7 heteroatoms. The normalized spacial score (nSPS) is 28.1. The zero-order chi connectivity index (χ0) is 30.7. The summed E-state index contributed by atoms with van der Waals surface area (Å²) in [4.78, 5) is 11.5. The molecule has 40 heavy (non-hydrogen) atoms. The van der Waals surface area contributed by atoms with Crippen LogP contribution in [0.25, 0.3) is 0 Å². The van der Waals surface area contributed by atoms with Gasteiger partial charge in [0.15, 0.2) is 0 Å². The molecule has 1 aliphatic rings. The lowest BCUT2D eigenvalue weighted by Crippen LogP contribution is -2.49. The van der Waals surface area contributed by atoms with Crippen molar-refractivity contribution >= 4 is 5.97 Å². The molecule has 7 nitrogen and oxygen atoms in total. The third-order valence-electron chi connectivity index (χ3n) is 9.15. The van der Waals surface area contributed by atoms with Crippen LogP contribution in [0.2, 0.25) is 0 Å². The Kier molecular flexibility index (Phi) is 15.9. The number of rotatable bonds is 17. The second-order valence-corrected chi connectivity index (χ2v) is 12.7. The lowest BCUT2D eigenvalue weighted by molar-refractivity contribution is -0.169. The zero-order valence-electron chi connectivity index (χ0n) is 26.1. The second kappa shape index (κ2) is 17.4. The van der Waals surface area contributed by atoms with Gasteiger partial charge in [0, 0.05) is 23.7 Å². The van der Waals surface area contributed by atoms with Crippen molar-refractivity contribution in [3.8, 4) is 0 Å². The SMILES string of the molecule is C=CC[C@@H](C)/C=C(/C)[C@H](O)[C@H](C)/C=C\CC[C@@H](O)[C@H](C)[C@H](O)[C@H](C)[C@H](O)C(C)[C@H]1O[C@H]([C@@H](C)C(=O)O)CC[C@@H]1C. The van der Waals surface area contributed by atoms with Crippen molar-refractivity contribution in [2.24, 2.45) is 41.4 Å². The zero-order valence-corrected chi connectivity index (χ0v) is 26.1. The number of carbonyl (C=O) groups is 1. The summed E-state index contributed by atoms with van der Waals surface area (Å²) in [6.45, 7) is 18.9. The van der Waals surface area contributed by atoms with Crippen LogP contribution in [0.15, 0.2) is 36.5 Å². The van der Waals surface area contributed by atoms with Crippen LogP contribution in [0.3, 0.4) is 0 Å². The molecule has 0 amide bonds. The second-order valence-electron chi connectivity index (χ2n) is 12.7. The third kappa shape index (κ3) is 10.7. The molecule has 0 aromatic heterocycles. The fraction of sp³-hybridized carbons (Fsp3) is 0.788. The van der Waals surface area contributed by atoms with E-state index in [9.17, 15) is 30.3 Å². The van der Waals surface area contributed by atoms with E-state index in [4.69, 9.17) is 4.74 Å². The van der Waals surface area contributed by atoms with Crippen molar-refractivity contribution in [2.45, 2.75) is 124 Å². The number of allylic oxidation sites excluding steroid dienone is 3. The Labute approximate surface area is 243 Å². The molecular weight excluding hydrogens is 508 g/mol. The highest BCUT2D eigenvalue weighted by molar-refractivity contribution is 5.70. The lowest BCUT2D eigenvalue weighted by atomic mass is 9.76. The topological polar surface area (TPSA) is 127 Å². The van der Waals surface area contributed by atoms with Crippen molar-refractivity contribution in [3.05, 3.63) is 36.5 Å². The van der Waals surface area contributed by atoms with E-state index < -0.39 is 54.2 Å². The Hall–Kier alpha value is -1.51. The maximum atomic E-state index is 11.5. The van der Waals surface area contributed by atoms with E-state index in [0.29, 0.717) is 25.2 Å². The van der Waals surface area contributed by atoms with Crippen LogP contribution >= 0.6 is 0 Å². The predicted molar refractivity (Wildman–Crippen MR) is 161 cm³/mol. The number of hydrogen-bond donors (Lipinski definition) is 5. The van der Waals surface area contributed by atoms with E-state index in [1.807, 2.05) is 39.0 Å². The minimum atomic E-state index is -0.921. The number of carboxylic acid groups (broad SMARTS) is 1. The standard InChI is InChI=1S/C33H58O7/c1-10-13-19(2)18-22(5)29(35)20(3)14-11-12-15-27(34)23(6)30(36)25(8)31(37)26(9)32-21(4)16-17-28(40-32)24(7)33(38)39/h10-11,14,18-21,23-32,34-37H,1,12-13,15-17H2,2-9H3,(H,38,39)/b14-11-,22-18-/t19-,20-,21+,23+,24-,25+,26?,27-,28+,29-,30+,31+,32+/m1/s1. The first-order valence-electron chi connectivity index (χ1n) is 15.2.